The molecule has 0 radical (unpaired) electrons. The van der Waals surface area contributed by atoms with Gasteiger partial charge in [-0.3, -0.25) is 10.1 Å². The van der Waals surface area contributed by atoms with Crippen LogP contribution in [0.15, 0.2) is 66.7 Å². The Morgan fingerprint density at radius 3 is 2.61 bits per heavy atom. The Kier molecular flexibility index (Phi) is 7.96. The van der Waals surface area contributed by atoms with Crippen molar-refractivity contribution >= 4 is 46.2 Å². The summed E-state index contributed by atoms with van der Waals surface area (Å²) < 4.78 is 0. The number of non-ortho nitro benzene ring substituents is 1. The summed E-state index contributed by atoms with van der Waals surface area (Å²) in [4.78, 5) is 20.3. The van der Waals surface area contributed by atoms with Crippen LogP contribution in [0, 0.1) is 22.0 Å². The molecule has 4 aromatic rings. The summed E-state index contributed by atoms with van der Waals surface area (Å²) in [5.41, 5.74) is 9.48. The molecule has 0 saturated heterocycles. The summed E-state index contributed by atoms with van der Waals surface area (Å²) >= 11 is 6.27. The van der Waals surface area contributed by atoms with Crippen LogP contribution in [0.3, 0.4) is 0 Å². The molecule has 2 unspecified atom stereocenters. The van der Waals surface area contributed by atoms with Crippen LogP contribution in [0.1, 0.15) is 37.1 Å². The maximum Gasteiger partial charge on any atom is 0.270 e. The molecular weight excluding hydrogens is 498 g/mol. The van der Waals surface area contributed by atoms with E-state index >= 15 is 0 Å². The van der Waals surface area contributed by atoms with Gasteiger partial charge in [0.1, 0.15) is 5.82 Å². The first kappa shape index (κ1) is 25.8. The Morgan fingerprint density at radius 2 is 1.82 bits per heavy atom. The number of anilines is 1. The van der Waals surface area contributed by atoms with Crippen LogP contribution in [0.4, 0.5) is 11.5 Å². The van der Waals surface area contributed by atoms with E-state index in [2.05, 4.69) is 5.32 Å². The Balaban J connectivity index is 1.35. The predicted octanol–water partition coefficient (Wildman–Crippen LogP) is 7.21. The highest BCUT2D eigenvalue weighted by atomic mass is 35.5. The smallest absolute Gasteiger partial charge is 0.270 e. The highest BCUT2D eigenvalue weighted by Crippen LogP contribution is 2.30. The maximum absolute atomic E-state index is 11.1. The Bertz CT molecular complexity index is 1470. The molecule has 7 nitrogen and oxygen atoms in total. The van der Waals surface area contributed by atoms with Crippen LogP contribution in [-0.4, -0.2) is 28.0 Å². The van der Waals surface area contributed by atoms with E-state index in [0.29, 0.717) is 22.7 Å². The zero-order valence-corrected chi connectivity index (χ0v) is 21.8. The van der Waals surface area contributed by atoms with Crippen LogP contribution >= 0.6 is 11.6 Å². The van der Waals surface area contributed by atoms with Gasteiger partial charge in [-0.05, 0) is 78.6 Å². The first-order chi connectivity index (χ1) is 18.5. The van der Waals surface area contributed by atoms with Crippen molar-refractivity contribution < 1.29 is 4.92 Å². The van der Waals surface area contributed by atoms with E-state index in [-0.39, 0.29) is 10.6 Å². The summed E-state index contributed by atoms with van der Waals surface area (Å²) in [5.74, 6) is 2.59. The summed E-state index contributed by atoms with van der Waals surface area (Å²) in [6.07, 6.45) is 8.65. The van der Waals surface area contributed by atoms with Crippen molar-refractivity contribution in [2.75, 3.05) is 18.4 Å². The molecule has 1 aromatic heterocycles. The lowest BCUT2D eigenvalue weighted by molar-refractivity contribution is -0.384. The summed E-state index contributed by atoms with van der Waals surface area (Å²) in [7, 11) is 0. The molecule has 1 aliphatic carbocycles. The lowest BCUT2D eigenvalue weighted by atomic mass is 9.81. The lowest BCUT2D eigenvalue weighted by Crippen LogP contribution is -2.26. The molecular formula is C30H30ClN5O2. The number of halogens is 1. The van der Waals surface area contributed by atoms with Crippen molar-refractivity contribution in [3.63, 3.8) is 0 Å². The van der Waals surface area contributed by atoms with Gasteiger partial charge in [0.2, 0.25) is 0 Å². The molecule has 1 aliphatic rings. The minimum atomic E-state index is -0.382. The summed E-state index contributed by atoms with van der Waals surface area (Å²) in [6, 6.07) is 20.2. The number of benzene rings is 3. The van der Waals surface area contributed by atoms with Gasteiger partial charge in [0, 0.05) is 29.1 Å². The number of hydrogen-bond acceptors (Lipinski definition) is 6. The molecule has 38 heavy (non-hydrogen) atoms. The van der Waals surface area contributed by atoms with Crippen LogP contribution in [0.25, 0.3) is 34.2 Å². The molecule has 0 amide bonds. The number of rotatable bonds is 8. The molecule has 0 bridgehead atoms. The van der Waals surface area contributed by atoms with Crippen molar-refractivity contribution in [1.82, 2.24) is 9.97 Å². The fourth-order valence-corrected chi connectivity index (χ4v) is 5.30. The van der Waals surface area contributed by atoms with Gasteiger partial charge in [0.25, 0.3) is 5.69 Å². The van der Waals surface area contributed by atoms with Crippen LogP contribution in [0.5, 0.6) is 0 Å². The van der Waals surface area contributed by atoms with Crippen molar-refractivity contribution in [3.05, 3.63) is 93.3 Å². The molecule has 1 heterocycles. The third-order valence-electron chi connectivity index (χ3n) is 7.19. The molecule has 0 spiro atoms. The van der Waals surface area contributed by atoms with Gasteiger partial charge < -0.3 is 11.1 Å². The molecule has 2 atom stereocenters. The second-order valence-corrected chi connectivity index (χ2v) is 10.3. The van der Waals surface area contributed by atoms with Gasteiger partial charge in [-0.1, -0.05) is 60.5 Å². The van der Waals surface area contributed by atoms with Gasteiger partial charge in [-0.25, -0.2) is 9.97 Å². The third kappa shape index (κ3) is 6.18. The van der Waals surface area contributed by atoms with E-state index in [1.807, 2.05) is 60.7 Å². The predicted molar refractivity (Wildman–Crippen MR) is 155 cm³/mol. The Morgan fingerprint density at radius 1 is 1.00 bits per heavy atom. The van der Waals surface area contributed by atoms with Crippen molar-refractivity contribution in [2.24, 2.45) is 17.6 Å². The number of nitro groups is 1. The minimum Gasteiger partial charge on any atom is -0.369 e. The van der Waals surface area contributed by atoms with E-state index in [1.165, 1.54) is 25.3 Å². The molecule has 194 valence electrons. The number of hydrogen-bond donors (Lipinski definition) is 2. The normalized spacial score (nSPS) is 17.6. The fourth-order valence-electron chi connectivity index (χ4n) is 5.13. The van der Waals surface area contributed by atoms with Gasteiger partial charge in [-0.15, -0.1) is 0 Å². The highest BCUT2D eigenvalue weighted by molar-refractivity contribution is 6.31. The minimum absolute atomic E-state index is 0.0760. The number of nitrogens with two attached hydrogens (primary N) is 1. The topological polar surface area (TPSA) is 107 Å². The van der Waals surface area contributed by atoms with E-state index < -0.39 is 0 Å². The molecule has 5 rings (SSSR count). The number of aromatic nitrogens is 2. The van der Waals surface area contributed by atoms with Crippen molar-refractivity contribution in [3.8, 4) is 11.1 Å². The number of fused-ring (bicyclic) bond motifs is 1. The largest absolute Gasteiger partial charge is 0.369 e. The Hall–Kier alpha value is -3.81. The van der Waals surface area contributed by atoms with Gasteiger partial charge >= 0.3 is 0 Å². The fraction of sp³-hybridized carbons (Fsp3) is 0.267. The summed E-state index contributed by atoms with van der Waals surface area (Å²) in [6.45, 7) is 1.61. The van der Waals surface area contributed by atoms with Crippen LogP contribution < -0.4 is 11.1 Å². The first-order valence-electron chi connectivity index (χ1n) is 12.9. The maximum atomic E-state index is 11.1. The molecule has 1 fully saturated rings. The number of nitrogens with zero attached hydrogens (tertiary/aromatic N) is 3. The van der Waals surface area contributed by atoms with E-state index in [0.717, 1.165) is 52.9 Å². The first-order valence-corrected chi connectivity index (χ1v) is 13.3. The highest BCUT2D eigenvalue weighted by Gasteiger charge is 2.21. The van der Waals surface area contributed by atoms with E-state index in [9.17, 15) is 10.1 Å². The lowest BCUT2D eigenvalue weighted by Gasteiger charge is -2.28. The van der Waals surface area contributed by atoms with Crippen molar-refractivity contribution in [1.29, 1.82) is 0 Å². The summed E-state index contributed by atoms with van der Waals surface area (Å²) in [5, 5.41) is 16.3. The van der Waals surface area contributed by atoms with E-state index in [4.69, 9.17) is 27.3 Å². The average Bonchev–Trinajstić information content (AvgIpc) is 2.95. The van der Waals surface area contributed by atoms with Crippen LogP contribution in [0.2, 0.25) is 5.02 Å². The SMILES string of the molecule is NCC1CCCC(CNc2nc(/C=C/c3ccc(-c4cccc([N+](=O)[O-])c4)cc3)nc3cc(Cl)ccc23)C1. The quantitative estimate of drug-likeness (QED) is 0.185. The molecule has 1 saturated carbocycles. The van der Waals surface area contributed by atoms with E-state index in [1.54, 1.807) is 12.1 Å². The number of nitrogens with one attached hydrogen (secondary N) is 1. The standard InChI is InChI=1S/C30H30ClN5O2/c31-25-12-13-27-28(17-25)34-29(35-30(27)33-19-22-4-1-3-21(15-22)18-32)14-9-20-7-10-23(11-8-20)24-5-2-6-26(16-24)36(37)38/h2,5-14,16-17,21-22H,1,3-4,15,18-19,32H2,(H,33,34,35)/b14-9+. The van der Waals surface area contributed by atoms with Gasteiger partial charge in [-0.2, -0.15) is 0 Å². The number of nitro benzene ring substituents is 1. The van der Waals surface area contributed by atoms with Gasteiger partial charge in [0.05, 0.1) is 10.4 Å². The molecule has 0 aliphatic heterocycles. The third-order valence-corrected chi connectivity index (χ3v) is 7.42. The molecule has 8 heteroatoms. The second-order valence-electron chi connectivity index (χ2n) is 9.87. The zero-order chi connectivity index (χ0) is 26.5. The van der Waals surface area contributed by atoms with Crippen LogP contribution in [-0.2, 0) is 0 Å². The zero-order valence-electron chi connectivity index (χ0n) is 21.0. The monoisotopic (exact) mass is 527 g/mol. The van der Waals surface area contributed by atoms with Gasteiger partial charge in [0.15, 0.2) is 5.82 Å². The molecule has 3 aromatic carbocycles. The average molecular weight is 528 g/mol. The Labute approximate surface area is 226 Å². The van der Waals surface area contributed by atoms with Crippen molar-refractivity contribution in [2.45, 2.75) is 25.7 Å². The molecule has 3 N–H and O–H groups in total. The second kappa shape index (κ2) is 11.7.